The third-order valence-electron chi connectivity index (χ3n) is 0.991. The molecule has 1 radical (unpaired) electrons. The molecule has 0 aromatic carbocycles. The molecule has 1 fully saturated rings. The molecule has 0 bridgehead atoms. The van der Waals surface area contributed by atoms with Crippen molar-refractivity contribution < 1.29 is 9.84 Å². The molecular weight excluding hydrogens is 92.1 g/mol. The first kappa shape index (κ1) is 4.81. The van der Waals surface area contributed by atoms with Crippen LogP contribution in [-0.4, -0.2) is 23.9 Å². The molecule has 0 spiro atoms. The van der Waals surface area contributed by atoms with E-state index in [-0.39, 0.29) is 18.8 Å². The Bertz CT molecular complexity index is 80.1. The summed E-state index contributed by atoms with van der Waals surface area (Å²) in [5, 5.41) is 8.31. The molecule has 2 heteroatoms. The molecule has 2 nitrogen and oxygen atoms in total. The number of epoxide rings is 1. The minimum atomic E-state index is -0.00926. The highest BCUT2D eigenvalue weighted by atomic mass is 16.6. The molecule has 0 amide bonds. The minimum Gasteiger partial charge on any atom is -0.394 e. The van der Waals surface area contributed by atoms with Crippen molar-refractivity contribution in [2.45, 2.75) is 12.2 Å². The van der Waals surface area contributed by atoms with Gasteiger partial charge in [0, 0.05) is 0 Å². The number of aliphatic hydroxyl groups is 1. The Morgan fingerprint density at radius 3 is 2.71 bits per heavy atom. The van der Waals surface area contributed by atoms with Crippen molar-refractivity contribution in [2.75, 3.05) is 6.61 Å². The summed E-state index contributed by atoms with van der Waals surface area (Å²) >= 11 is 0. The van der Waals surface area contributed by atoms with Crippen molar-refractivity contribution in [3.8, 4) is 0 Å². The van der Waals surface area contributed by atoms with Crippen molar-refractivity contribution in [1.82, 2.24) is 0 Å². The monoisotopic (exact) mass is 99.0 g/mol. The van der Waals surface area contributed by atoms with E-state index in [1.54, 1.807) is 0 Å². The average Bonchev–Trinajstić information content (AvgIpc) is 2.43. The molecule has 1 aliphatic heterocycles. The second-order valence-corrected chi connectivity index (χ2v) is 1.51. The fourth-order valence-electron chi connectivity index (χ4n) is 0.473. The van der Waals surface area contributed by atoms with E-state index in [2.05, 4.69) is 0 Å². The maximum Gasteiger partial charge on any atom is 0.111 e. The van der Waals surface area contributed by atoms with Crippen LogP contribution in [0.25, 0.3) is 0 Å². The smallest absolute Gasteiger partial charge is 0.111 e. The van der Waals surface area contributed by atoms with E-state index in [1.807, 2.05) is 0 Å². The van der Waals surface area contributed by atoms with E-state index >= 15 is 0 Å². The normalized spacial score (nSPS) is 37.9. The molecule has 39 valence electrons. The van der Waals surface area contributed by atoms with Crippen molar-refractivity contribution >= 4 is 0 Å². The van der Waals surface area contributed by atoms with Crippen LogP contribution in [0.4, 0.5) is 0 Å². The molecule has 1 heterocycles. The molecule has 7 heavy (non-hydrogen) atoms. The second-order valence-electron chi connectivity index (χ2n) is 1.51. The van der Waals surface area contributed by atoms with E-state index in [1.165, 1.54) is 6.08 Å². The lowest BCUT2D eigenvalue weighted by Crippen LogP contribution is -1.94. The Morgan fingerprint density at radius 2 is 2.57 bits per heavy atom. The lowest BCUT2D eigenvalue weighted by atomic mass is 10.3. The maximum absolute atomic E-state index is 8.31. The summed E-state index contributed by atoms with van der Waals surface area (Å²) in [6, 6.07) is 0. The van der Waals surface area contributed by atoms with Crippen LogP contribution < -0.4 is 0 Å². The topological polar surface area (TPSA) is 32.8 Å². The molecular formula is C5H7O2. The maximum atomic E-state index is 8.31. The van der Waals surface area contributed by atoms with Gasteiger partial charge in [0.25, 0.3) is 0 Å². The number of hydrogen-bond acceptors (Lipinski definition) is 2. The summed E-state index contributed by atoms with van der Waals surface area (Å²) in [6.45, 7) is 5.12. The van der Waals surface area contributed by atoms with Gasteiger partial charge in [-0.1, -0.05) is 12.7 Å². The van der Waals surface area contributed by atoms with Crippen molar-refractivity contribution in [1.29, 1.82) is 0 Å². The quantitative estimate of drug-likeness (QED) is 0.483. The van der Waals surface area contributed by atoms with Gasteiger partial charge in [-0.3, -0.25) is 0 Å². The van der Waals surface area contributed by atoms with Gasteiger partial charge >= 0.3 is 0 Å². The van der Waals surface area contributed by atoms with Gasteiger partial charge in [-0.25, -0.2) is 0 Å². The van der Waals surface area contributed by atoms with Gasteiger partial charge in [-0.2, -0.15) is 0 Å². The van der Waals surface area contributed by atoms with Crippen LogP contribution in [0, 0.1) is 6.58 Å². The minimum absolute atomic E-state index is 0.00926. The zero-order valence-corrected chi connectivity index (χ0v) is 3.87. The SMILES string of the molecule is [CH]=CC1OC1CO. The zero-order valence-electron chi connectivity index (χ0n) is 3.87. The predicted molar refractivity (Wildman–Crippen MR) is 24.6 cm³/mol. The number of ether oxygens (including phenoxy) is 1. The lowest BCUT2D eigenvalue weighted by Gasteiger charge is -1.74. The van der Waals surface area contributed by atoms with Gasteiger partial charge in [-0.05, 0) is 0 Å². The first-order chi connectivity index (χ1) is 3.38. The summed E-state index contributed by atoms with van der Waals surface area (Å²) in [5.74, 6) is 0. The highest BCUT2D eigenvalue weighted by molar-refractivity contribution is 4.95. The Morgan fingerprint density at radius 1 is 1.86 bits per heavy atom. The van der Waals surface area contributed by atoms with Gasteiger partial charge in [0.15, 0.2) is 0 Å². The van der Waals surface area contributed by atoms with Crippen LogP contribution in [0.2, 0.25) is 0 Å². The first-order valence-corrected chi connectivity index (χ1v) is 2.20. The van der Waals surface area contributed by atoms with Gasteiger partial charge < -0.3 is 9.84 Å². The Labute approximate surface area is 42.4 Å². The number of aliphatic hydroxyl groups excluding tert-OH is 1. The van der Waals surface area contributed by atoms with Crippen LogP contribution >= 0.6 is 0 Å². The van der Waals surface area contributed by atoms with Crippen LogP contribution in [0.5, 0.6) is 0 Å². The van der Waals surface area contributed by atoms with E-state index in [4.69, 9.17) is 16.4 Å². The predicted octanol–water partition coefficient (Wildman–Crippen LogP) is -0.265. The van der Waals surface area contributed by atoms with Crippen molar-refractivity contribution in [3.63, 3.8) is 0 Å². The molecule has 1 rings (SSSR count). The molecule has 1 aliphatic rings. The summed E-state index contributed by atoms with van der Waals surface area (Å²) < 4.78 is 4.78. The third-order valence-corrected chi connectivity index (χ3v) is 0.991. The summed E-state index contributed by atoms with van der Waals surface area (Å²) in [6.07, 6.45) is 1.45. The van der Waals surface area contributed by atoms with E-state index in [0.717, 1.165) is 0 Å². The largest absolute Gasteiger partial charge is 0.394 e. The van der Waals surface area contributed by atoms with Gasteiger partial charge in [-0.15, -0.1) is 0 Å². The third kappa shape index (κ3) is 0.813. The molecule has 0 aliphatic carbocycles. The summed E-state index contributed by atoms with van der Waals surface area (Å²) in [4.78, 5) is 0. The van der Waals surface area contributed by atoms with Crippen LogP contribution in [0.3, 0.4) is 0 Å². The van der Waals surface area contributed by atoms with Gasteiger partial charge in [0.1, 0.15) is 12.2 Å². The molecule has 2 unspecified atom stereocenters. The fraction of sp³-hybridized carbons (Fsp3) is 0.600. The first-order valence-electron chi connectivity index (χ1n) is 2.20. The fourth-order valence-corrected chi connectivity index (χ4v) is 0.473. The average molecular weight is 99.1 g/mol. The van der Waals surface area contributed by atoms with E-state index < -0.39 is 0 Å². The number of rotatable bonds is 2. The molecule has 1 saturated heterocycles. The molecule has 2 atom stereocenters. The second kappa shape index (κ2) is 1.64. The highest BCUT2D eigenvalue weighted by Gasteiger charge is 2.34. The molecule has 1 N–H and O–H groups in total. The standard InChI is InChI=1S/C5H7O2/c1-2-4-5(3-6)7-4/h1-2,4-6H,3H2. The Hall–Kier alpha value is -0.340. The lowest BCUT2D eigenvalue weighted by molar-refractivity contribution is 0.243. The Kier molecular flexibility index (Phi) is 1.13. The zero-order chi connectivity index (χ0) is 5.28. The number of hydrogen-bond donors (Lipinski definition) is 1. The van der Waals surface area contributed by atoms with Crippen LogP contribution in [-0.2, 0) is 4.74 Å². The molecule has 0 saturated carbocycles. The molecule has 0 aromatic rings. The van der Waals surface area contributed by atoms with Crippen LogP contribution in [0.15, 0.2) is 6.08 Å². The summed E-state index contributed by atoms with van der Waals surface area (Å²) in [7, 11) is 0. The van der Waals surface area contributed by atoms with Crippen LogP contribution in [0.1, 0.15) is 0 Å². The molecule has 0 aromatic heterocycles. The van der Waals surface area contributed by atoms with E-state index in [9.17, 15) is 0 Å². The van der Waals surface area contributed by atoms with Gasteiger partial charge in [0.2, 0.25) is 0 Å². The van der Waals surface area contributed by atoms with Crippen molar-refractivity contribution in [3.05, 3.63) is 12.7 Å². The van der Waals surface area contributed by atoms with Gasteiger partial charge in [0.05, 0.1) is 6.61 Å². The Balaban J connectivity index is 2.17. The van der Waals surface area contributed by atoms with E-state index in [0.29, 0.717) is 0 Å². The highest BCUT2D eigenvalue weighted by Crippen LogP contribution is 2.20. The summed E-state index contributed by atoms with van der Waals surface area (Å²) in [5.41, 5.74) is 0. The van der Waals surface area contributed by atoms with Crippen molar-refractivity contribution in [2.24, 2.45) is 0 Å².